The largest absolute Gasteiger partial charge is 0.451 e. The molecule has 0 saturated carbocycles. The Morgan fingerprint density at radius 1 is 1.03 bits per heavy atom. The first kappa shape index (κ1) is 25.0. The van der Waals surface area contributed by atoms with Crippen molar-refractivity contribution >= 4 is 47.2 Å². The van der Waals surface area contributed by atoms with Crippen LogP contribution in [-0.4, -0.2) is 46.4 Å². The first-order chi connectivity index (χ1) is 18.0. The third-order valence-electron chi connectivity index (χ3n) is 6.38. The third kappa shape index (κ3) is 4.97. The van der Waals surface area contributed by atoms with E-state index < -0.39 is 35.4 Å². The summed E-state index contributed by atoms with van der Waals surface area (Å²) in [5.74, 6) is -1.38. The number of nitrogens with one attached hydrogen (secondary N) is 1. The molecule has 0 bridgehead atoms. The Labute approximate surface area is 222 Å². The molecule has 3 heterocycles. The van der Waals surface area contributed by atoms with Crippen LogP contribution in [0, 0.1) is 0 Å². The molecule has 188 valence electrons. The van der Waals surface area contributed by atoms with Crippen LogP contribution in [0.5, 0.6) is 0 Å². The number of carbonyl (C=O) groups is 4. The fourth-order valence-electron chi connectivity index (χ4n) is 4.56. The monoisotopic (exact) mass is 532 g/mol. The molecule has 37 heavy (non-hydrogen) atoms. The summed E-state index contributed by atoms with van der Waals surface area (Å²) >= 11 is 2.77. The zero-order valence-electron chi connectivity index (χ0n) is 19.9. The minimum atomic E-state index is -1.18. The van der Waals surface area contributed by atoms with Crippen molar-refractivity contribution < 1.29 is 23.9 Å². The average Bonchev–Trinajstić information content (AvgIpc) is 3.43. The quantitative estimate of drug-likeness (QED) is 0.269. The van der Waals surface area contributed by atoms with Crippen LogP contribution in [0.1, 0.15) is 29.0 Å². The lowest BCUT2D eigenvalue weighted by molar-refractivity contribution is -0.165. The van der Waals surface area contributed by atoms with Crippen LogP contribution in [0.25, 0.3) is 0 Å². The van der Waals surface area contributed by atoms with Gasteiger partial charge in [0, 0.05) is 10.5 Å². The summed E-state index contributed by atoms with van der Waals surface area (Å²) in [7, 11) is 0. The Morgan fingerprint density at radius 3 is 2.24 bits per heavy atom. The summed E-state index contributed by atoms with van der Waals surface area (Å²) in [5.41, 5.74) is 1.74. The average molecular weight is 533 g/mol. The van der Waals surface area contributed by atoms with Gasteiger partial charge in [-0.15, -0.1) is 23.1 Å². The maximum absolute atomic E-state index is 13.6. The predicted molar refractivity (Wildman–Crippen MR) is 142 cm³/mol. The fourth-order valence-corrected chi connectivity index (χ4v) is 6.58. The molecule has 5 rings (SSSR count). The van der Waals surface area contributed by atoms with Crippen LogP contribution in [0.4, 0.5) is 0 Å². The second-order valence-electron chi connectivity index (χ2n) is 8.73. The Hall–Kier alpha value is -3.69. The van der Waals surface area contributed by atoms with Crippen molar-refractivity contribution in [2.75, 3.05) is 0 Å². The van der Waals surface area contributed by atoms with E-state index in [1.54, 1.807) is 6.92 Å². The van der Waals surface area contributed by atoms with Crippen molar-refractivity contribution in [1.82, 2.24) is 10.2 Å². The number of hydrogen-bond acceptors (Lipinski definition) is 7. The second kappa shape index (κ2) is 10.7. The highest BCUT2D eigenvalue weighted by molar-refractivity contribution is 8.03. The van der Waals surface area contributed by atoms with E-state index in [1.165, 1.54) is 28.0 Å². The minimum absolute atomic E-state index is 0.175. The maximum Gasteiger partial charge on any atom is 0.334 e. The molecule has 0 radical (unpaired) electrons. The number of aldehydes is 1. The van der Waals surface area contributed by atoms with Crippen LogP contribution in [0.2, 0.25) is 0 Å². The number of benzene rings is 2. The van der Waals surface area contributed by atoms with E-state index in [4.69, 9.17) is 4.74 Å². The molecule has 3 atom stereocenters. The van der Waals surface area contributed by atoms with E-state index in [-0.39, 0.29) is 17.9 Å². The van der Waals surface area contributed by atoms with E-state index in [1.807, 2.05) is 78.2 Å². The standard InChI is InChI=1S/C28H24N2O5S2/c1-17-21(16-31)24(28(34)35-25(18-9-4-2-5-10-18)19-11-6-3-7-12-19)30-26(33)23(27(30)37-17)29-22(32)15-20-13-8-14-36-20/h2-14,16,23-25,27H,15H2,1H3,(H,29,32)/t23?,24?,27-/m1/s1. The van der Waals surface area contributed by atoms with E-state index >= 15 is 0 Å². The lowest BCUT2D eigenvalue weighted by Crippen LogP contribution is -2.74. The minimum Gasteiger partial charge on any atom is -0.451 e. The fraction of sp³-hybridized carbons (Fsp3) is 0.214. The van der Waals surface area contributed by atoms with E-state index in [0.29, 0.717) is 11.2 Å². The number of allylic oxidation sites excluding steroid dienone is 1. The predicted octanol–water partition coefficient (Wildman–Crippen LogP) is 3.86. The summed E-state index contributed by atoms with van der Waals surface area (Å²) in [5, 5.41) is 4.18. The van der Waals surface area contributed by atoms with Gasteiger partial charge in [-0.05, 0) is 34.4 Å². The van der Waals surface area contributed by atoms with Crippen LogP contribution in [-0.2, 0) is 30.3 Å². The smallest absolute Gasteiger partial charge is 0.334 e. The number of β-lactam (4-membered cyclic amide) rings is 1. The van der Waals surface area contributed by atoms with Gasteiger partial charge >= 0.3 is 5.97 Å². The van der Waals surface area contributed by atoms with Crippen LogP contribution in [0.3, 0.4) is 0 Å². The highest BCUT2D eigenvalue weighted by Gasteiger charge is 2.57. The van der Waals surface area contributed by atoms with Crippen molar-refractivity contribution in [3.63, 3.8) is 0 Å². The number of nitrogens with zero attached hydrogens (tertiary/aromatic N) is 1. The van der Waals surface area contributed by atoms with Gasteiger partial charge in [-0.2, -0.15) is 0 Å². The lowest BCUT2D eigenvalue weighted by atomic mass is 9.96. The number of ether oxygens (including phenoxy) is 1. The topological polar surface area (TPSA) is 92.8 Å². The van der Waals surface area contributed by atoms with Gasteiger partial charge in [-0.3, -0.25) is 14.4 Å². The summed E-state index contributed by atoms with van der Waals surface area (Å²) in [6.07, 6.45) is 0.0727. The molecule has 3 aromatic rings. The number of thiophene rings is 1. The van der Waals surface area contributed by atoms with Crippen molar-refractivity contribution in [2.45, 2.75) is 36.9 Å². The SMILES string of the molecule is CC1=C(C=O)C(C(=O)OC(c2ccccc2)c2ccccc2)N2C(=O)C(NC(=O)Cc3cccs3)[C@H]2S1. The third-order valence-corrected chi connectivity index (χ3v) is 8.58. The van der Waals surface area contributed by atoms with Crippen LogP contribution >= 0.6 is 23.1 Å². The van der Waals surface area contributed by atoms with Gasteiger partial charge in [-0.1, -0.05) is 66.7 Å². The number of hydrogen-bond donors (Lipinski definition) is 1. The zero-order chi connectivity index (χ0) is 25.9. The van der Waals surface area contributed by atoms with Gasteiger partial charge in [0.05, 0.1) is 6.42 Å². The highest BCUT2D eigenvalue weighted by Crippen LogP contribution is 2.44. The Bertz CT molecular complexity index is 1300. The maximum atomic E-state index is 13.6. The molecule has 1 aromatic heterocycles. The van der Waals surface area contributed by atoms with Crippen molar-refractivity contribution in [3.8, 4) is 0 Å². The zero-order valence-corrected chi connectivity index (χ0v) is 21.5. The molecular weight excluding hydrogens is 508 g/mol. The van der Waals surface area contributed by atoms with E-state index in [9.17, 15) is 19.2 Å². The van der Waals surface area contributed by atoms with Crippen LogP contribution < -0.4 is 5.32 Å². The molecule has 0 aliphatic carbocycles. The molecule has 1 fully saturated rings. The summed E-state index contributed by atoms with van der Waals surface area (Å²) in [4.78, 5) is 54.3. The van der Waals surface area contributed by atoms with Gasteiger partial charge in [-0.25, -0.2) is 4.79 Å². The number of fused-ring (bicyclic) bond motifs is 1. The van der Waals surface area contributed by atoms with Crippen LogP contribution in [0.15, 0.2) is 88.7 Å². The molecule has 2 unspecified atom stereocenters. The number of carbonyl (C=O) groups excluding carboxylic acids is 4. The van der Waals surface area contributed by atoms with E-state index in [2.05, 4.69) is 5.32 Å². The number of thioether (sulfide) groups is 1. The number of amides is 2. The van der Waals surface area contributed by atoms with Crippen molar-refractivity contribution in [1.29, 1.82) is 0 Å². The molecule has 9 heteroatoms. The lowest BCUT2D eigenvalue weighted by Gasteiger charge is -2.52. The molecule has 2 aliphatic rings. The Balaban J connectivity index is 1.39. The first-order valence-electron chi connectivity index (χ1n) is 11.7. The molecule has 0 spiro atoms. The molecule has 1 N–H and O–H groups in total. The number of rotatable bonds is 8. The molecule has 2 aliphatic heterocycles. The van der Waals surface area contributed by atoms with Gasteiger partial charge < -0.3 is 15.0 Å². The van der Waals surface area contributed by atoms with Crippen molar-refractivity contribution in [3.05, 3.63) is 105 Å². The van der Waals surface area contributed by atoms with E-state index in [0.717, 1.165) is 16.0 Å². The van der Waals surface area contributed by atoms with Gasteiger partial charge in [0.15, 0.2) is 12.1 Å². The molecule has 7 nitrogen and oxygen atoms in total. The molecule has 2 aromatic carbocycles. The summed E-state index contributed by atoms with van der Waals surface area (Å²) in [6.45, 7) is 1.74. The molecule has 2 amide bonds. The first-order valence-corrected chi connectivity index (χ1v) is 13.5. The van der Waals surface area contributed by atoms with Crippen molar-refractivity contribution in [2.24, 2.45) is 0 Å². The Morgan fingerprint density at radius 2 is 1.68 bits per heavy atom. The van der Waals surface area contributed by atoms with Gasteiger partial charge in [0.2, 0.25) is 11.8 Å². The van der Waals surface area contributed by atoms with Gasteiger partial charge in [0.25, 0.3) is 0 Å². The highest BCUT2D eigenvalue weighted by atomic mass is 32.2. The van der Waals surface area contributed by atoms with Gasteiger partial charge in [0.1, 0.15) is 17.7 Å². The summed E-state index contributed by atoms with van der Waals surface area (Å²) in [6, 6.07) is 20.4. The summed E-state index contributed by atoms with van der Waals surface area (Å²) < 4.78 is 6.01. The normalized spacial score (nSPS) is 20.8. The molecule has 1 saturated heterocycles. The Kier molecular flexibility index (Phi) is 7.25. The second-order valence-corrected chi connectivity index (χ2v) is 11.1. The number of esters is 1. The molecular formula is C28H24N2O5S2.